The molecular formula is C5H2F6O2. The molecule has 1 aliphatic rings. The van der Waals surface area contributed by atoms with Gasteiger partial charge in [0.05, 0.1) is 0 Å². The monoisotopic (exact) mass is 208 g/mol. The number of rotatable bonds is 1. The molecule has 1 fully saturated rings. The molecule has 0 N–H and O–H groups in total. The average molecular weight is 208 g/mol. The highest BCUT2D eigenvalue weighted by Gasteiger charge is 2.85. The van der Waals surface area contributed by atoms with Crippen LogP contribution in [0.15, 0.2) is 0 Å². The van der Waals surface area contributed by atoms with E-state index in [0.717, 1.165) is 0 Å². The van der Waals surface area contributed by atoms with Gasteiger partial charge < -0.3 is 4.74 Å². The van der Waals surface area contributed by atoms with Gasteiger partial charge in [-0.25, -0.2) is 4.39 Å². The lowest BCUT2D eigenvalue weighted by Gasteiger charge is -2.43. The smallest absolute Gasteiger partial charge is 0.399 e. The molecule has 1 heterocycles. The van der Waals surface area contributed by atoms with E-state index in [0.29, 0.717) is 0 Å². The molecule has 13 heavy (non-hydrogen) atoms. The van der Waals surface area contributed by atoms with Crippen molar-refractivity contribution in [1.82, 2.24) is 0 Å². The fourth-order valence-corrected chi connectivity index (χ4v) is 0.852. The fraction of sp³-hybridized carbons (Fsp3) is 0.800. The normalized spacial score (nSPS) is 32.3. The van der Waals surface area contributed by atoms with Crippen molar-refractivity contribution in [2.45, 2.75) is 12.3 Å². The molecule has 8 heteroatoms. The van der Waals surface area contributed by atoms with Crippen LogP contribution >= 0.6 is 0 Å². The van der Waals surface area contributed by atoms with Crippen LogP contribution in [0.1, 0.15) is 0 Å². The lowest BCUT2D eigenvalue weighted by atomic mass is 9.83. The van der Waals surface area contributed by atoms with Crippen LogP contribution in [0.5, 0.6) is 0 Å². The number of hydrogen-bond acceptors (Lipinski definition) is 2. The molecule has 0 saturated carbocycles. The predicted octanol–water partition coefficient (Wildman–Crippen LogP) is 1.65. The van der Waals surface area contributed by atoms with Gasteiger partial charge in [0.15, 0.2) is 0 Å². The van der Waals surface area contributed by atoms with Crippen LogP contribution in [0, 0.1) is 5.41 Å². The van der Waals surface area contributed by atoms with Gasteiger partial charge in [-0.15, -0.1) is 0 Å². The van der Waals surface area contributed by atoms with Crippen molar-refractivity contribution in [3.8, 4) is 0 Å². The Hall–Kier alpha value is -0.950. The van der Waals surface area contributed by atoms with E-state index >= 15 is 0 Å². The second-order valence-electron chi connectivity index (χ2n) is 2.44. The molecule has 0 radical (unpaired) electrons. The third-order valence-electron chi connectivity index (χ3n) is 1.75. The molecule has 0 aromatic heterocycles. The Kier molecular flexibility index (Phi) is 1.79. The summed E-state index contributed by atoms with van der Waals surface area (Å²) in [5.41, 5.74) is -4.31. The van der Waals surface area contributed by atoms with Crippen molar-refractivity contribution in [1.29, 1.82) is 0 Å². The minimum atomic E-state index is -5.65. The van der Waals surface area contributed by atoms with Crippen molar-refractivity contribution >= 4 is 5.97 Å². The molecule has 0 bridgehead atoms. The summed E-state index contributed by atoms with van der Waals surface area (Å²) >= 11 is 0. The summed E-state index contributed by atoms with van der Waals surface area (Å²) in [6, 6.07) is 0. The molecule has 76 valence electrons. The van der Waals surface area contributed by atoms with Crippen LogP contribution < -0.4 is 0 Å². The van der Waals surface area contributed by atoms with E-state index in [-0.39, 0.29) is 0 Å². The third-order valence-corrected chi connectivity index (χ3v) is 1.75. The molecule has 0 aromatic rings. The van der Waals surface area contributed by atoms with Gasteiger partial charge in [-0.2, -0.15) is 22.0 Å². The molecule has 0 spiro atoms. The van der Waals surface area contributed by atoms with Crippen LogP contribution in [0.3, 0.4) is 0 Å². The van der Waals surface area contributed by atoms with Crippen molar-refractivity contribution in [2.24, 2.45) is 5.41 Å². The predicted molar refractivity (Wildman–Crippen MR) is 25.5 cm³/mol. The highest BCUT2D eigenvalue weighted by atomic mass is 19.4. The Morgan fingerprint density at radius 3 is 1.85 bits per heavy atom. The van der Waals surface area contributed by atoms with E-state index in [1.165, 1.54) is 0 Å². The first-order valence-corrected chi connectivity index (χ1v) is 2.93. The van der Waals surface area contributed by atoms with Crippen LogP contribution in [0.25, 0.3) is 0 Å². The first-order chi connectivity index (χ1) is 5.69. The number of alkyl halides is 6. The van der Waals surface area contributed by atoms with Gasteiger partial charge in [0.25, 0.3) is 5.41 Å². The number of carbonyl (C=O) groups excluding carboxylic acids is 1. The lowest BCUT2D eigenvalue weighted by molar-refractivity contribution is -0.417. The molecule has 1 aliphatic heterocycles. The largest absolute Gasteiger partial charge is 0.428 e. The number of halogens is 6. The summed E-state index contributed by atoms with van der Waals surface area (Å²) in [5.74, 6) is -2.28. The maximum atomic E-state index is 12.2. The Morgan fingerprint density at radius 1 is 1.31 bits per heavy atom. The molecule has 0 aliphatic carbocycles. The number of hydrogen-bond donors (Lipinski definition) is 0. The molecule has 1 unspecified atom stereocenters. The Balaban J connectivity index is 3.13. The quantitative estimate of drug-likeness (QED) is 0.483. The van der Waals surface area contributed by atoms with Gasteiger partial charge in [-0.3, -0.25) is 4.79 Å². The highest BCUT2D eigenvalue weighted by molar-refractivity contribution is 5.84. The SMILES string of the molecule is O=C1OC(F)(F)C1(CF)C(F)(F)F. The lowest BCUT2D eigenvalue weighted by Crippen LogP contribution is -2.70. The number of carbonyl (C=O) groups is 1. The minimum absolute atomic E-state index is 2.28. The van der Waals surface area contributed by atoms with Crippen LogP contribution in [0.2, 0.25) is 0 Å². The summed E-state index contributed by atoms with van der Waals surface area (Å²) in [5, 5.41) is 0. The van der Waals surface area contributed by atoms with Gasteiger partial charge >= 0.3 is 18.3 Å². The van der Waals surface area contributed by atoms with E-state index in [1.54, 1.807) is 0 Å². The second-order valence-corrected chi connectivity index (χ2v) is 2.44. The second kappa shape index (κ2) is 2.30. The molecule has 1 saturated heterocycles. The van der Waals surface area contributed by atoms with E-state index in [2.05, 4.69) is 4.74 Å². The van der Waals surface area contributed by atoms with E-state index in [9.17, 15) is 31.1 Å². The van der Waals surface area contributed by atoms with Crippen molar-refractivity contribution in [3.63, 3.8) is 0 Å². The maximum absolute atomic E-state index is 12.2. The van der Waals surface area contributed by atoms with Gasteiger partial charge in [-0.1, -0.05) is 0 Å². The van der Waals surface area contributed by atoms with Crippen molar-refractivity contribution in [2.75, 3.05) is 6.67 Å². The van der Waals surface area contributed by atoms with Crippen molar-refractivity contribution < 1.29 is 35.9 Å². The molecule has 1 rings (SSSR count). The Morgan fingerprint density at radius 2 is 1.77 bits per heavy atom. The first-order valence-electron chi connectivity index (χ1n) is 2.93. The topological polar surface area (TPSA) is 26.3 Å². The van der Waals surface area contributed by atoms with Gasteiger partial charge in [0.2, 0.25) is 0 Å². The summed E-state index contributed by atoms with van der Waals surface area (Å²) in [4.78, 5) is 10.2. The Bertz CT molecular complexity index is 234. The van der Waals surface area contributed by atoms with Gasteiger partial charge in [0.1, 0.15) is 6.67 Å². The molecular weight excluding hydrogens is 206 g/mol. The first kappa shape index (κ1) is 10.1. The third kappa shape index (κ3) is 0.939. The maximum Gasteiger partial charge on any atom is 0.428 e. The molecule has 0 aromatic carbocycles. The van der Waals surface area contributed by atoms with Crippen LogP contribution in [0.4, 0.5) is 26.3 Å². The summed E-state index contributed by atoms with van der Waals surface area (Å²) in [7, 11) is 0. The average Bonchev–Trinajstić information content (AvgIpc) is 1.82. The molecule has 0 amide bonds. The number of esters is 1. The van der Waals surface area contributed by atoms with Crippen molar-refractivity contribution in [3.05, 3.63) is 0 Å². The van der Waals surface area contributed by atoms with E-state index in [4.69, 9.17) is 0 Å². The van der Waals surface area contributed by atoms with Gasteiger partial charge in [-0.05, 0) is 0 Å². The summed E-state index contributed by atoms with van der Waals surface area (Å²) in [6.45, 7) is -2.53. The zero-order chi connectivity index (χ0) is 10.5. The number of ether oxygens (including phenoxy) is 1. The zero-order valence-corrected chi connectivity index (χ0v) is 5.79. The molecule has 1 atom stereocenters. The minimum Gasteiger partial charge on any atom is -0.399 e. The number of cyclic esters (lactones) is 1. The van der Waals surface area contributed by atoms with E-state index < -0.39 is 30.3 Å². The molecule has 2 nitrogen and oxygen atoms in total. The fourth-order valence-electron chi connectivity index (χ4n) is 0.852. The summed E-state index contributed by atoms with van der Waals surface area (Å²) < 4.78 is 74.8. The standard InChI is InChI=1S/C5H2F6O2/c6-1-3(4(7,8)9)2(12)13-5(3,10)11/h1H2. The zero-order valence-electron chi connectivity index (χ0n) is 5.79. The summed E-state index contributed by atoms with van der Waals surface area (Å²) in [6.07, 6.45) is -10.5. The van der Waals surface area contributed by atoms with Crippen LogP contribution in [-0.4, -0.2) is 24.9 Å². The van der Waals surface area contributed by atoms with Gasteiger partial charge in [0, 0.05) is 0 Å². The highest BCUT2D eigenvalue weighted by Crippen LogP contribution is 2.58. The van der Waals surface area contributed by atoms with Crippen LogP contribution in [-0.2, 0) is 9.53 Å². The van der Waals surface area contributed by atoms with E-state index in [1.807, 2.05) is 0 Å². The Labute approximate surface area is 67.5 Å².